The Balaban J connectivity index is 2.03. The van der Waals surface area contributed by atoms with Gasteiger partial charge in [0.15, 0.2) is 6.61 Å². The third-order valence-electron chi connectivity index (χ3n) is 3.01. The van der Waals surface area contributed by atoms with Crippen LogP contribution in [0.4, 0.5) is 5.69 Å². The number of benzene rings is 2. The molecule has 3 N–H and O–H groups in total. The molecule has 7 nitrogen and oxygen atoms in total. The normalized spacial score (nSPS) is 11.1. The number of anilines is 1. The first kappa shape index (κ1) is 20.5. The molecule has 138 valence electrons. The Hall–Kier alpha value is -1.84. The Kier molecular flexibility index (Phi) is 6.48. The first-order chi connectivity index (χ1) is 12.1. The van der Waals surface area contributed by atoms with E-state index in [1.165, 1.54) is 30.3 Å². The van der Waals surface area contributed by atoms with Gasteiger partial charge < -0.3 is 10.1 Å². The molecule has 0 atom stereocenters. The van der Waals surface area contributed by atoms with E-state index in [4.69, 9.17) is 44.7 Å². The molecule has 2 rings (SSSR count). The lowest BCUT2D eigenvalue weighted by Crippen LogP contribution is -2.21. The van der Waals surface area contributed by atoms with Crippen molar-refractivity contribution in [2.24, 2.45) is 5.14 Å². The second-order valence-electron chi connectivity index (χ2n) is 4.94. The fourth-order valence-electron chi connectivity index (χ4n) is 1.84. The summed E-state index contributed by atoms with van der Waals surface area (Å²) in [5, 5.41) is 7.93. The fraction of sp³-hybridized carbons (Fsp3) is 0.0667. The van der Waals surface area contributed by atoms with Gasteiger partial charge in [0, 0.05) is 5.02 Å². The molecule has 0 unspecified atom stereocenters. The summed E-state index contributed by atoms with van der Waals surface area (Å²) in [7, 11) is -4.11. The summed E-state index contributed by atoms with van der Waals surface area (Å²) in [5.74, 6) is -1.58. The molecule has 0 aliphatic rings. The van der Waals surface area contributed by atoms with Crippen molar-refractivity contribution in [2.75, 3.05) is 11.9 Å². The predicted octanol–water partition coefficient (Wildman–Crippen LogP) is 3.09. The number of carbonyl (C=O) groups excluding carboxylic acids is 2. The van der Waals surface area contributed by atoms with Gasteiger partial charge in [0.1, 0.15) is 4.90 Å². The van der Waals surface area contributed by atoms with E-state index in [0.717, 1.165) is 6.07 Å². The zero-order valence-corrected chi connectivity index (χ0v) is 15.9. The molecular weight excluding hydrogens is 427 g/mol. The molecule has 0 aromatic heterocycles. The number of hydrogen-bond donors (Lipinski definition) is 2. The number of carbonyl (C=O) groups is 2. The smallest absolute Gasteiger partial charge is 0.338 e. The van der Waals surface area contributed by atoms with Crippen LogP contribution in [-0.4, -0.2) is 26.9 Å². The summed E-state index contributed by atoms with van der Waals surface area (Å²) in [6.07, 6.45) is 0. The van der Waals surface area contributed by atoms with Crippen molar-refractivity contribution in [3.63, 3.8) is 0 Å². The maximum Gasteiger partial charge on any atom is 0.338 e. The minimum atomic E-state index is -4.11. The van der Waals surface area contributed by atoms with E-state index in [-0.39, 0.29) is 15.6 Å². The van der Waals surface area contributed by atoms with Gasteiger partial charge in [-0.1, -0.05) is 34.8 Å². The fourth-order valence-corrected chi connectivity index (χ4v) is 3.37. The average Bonchev–Trinajstić information content (AvgIpc) is 2.54. The van der Waals surface area contributed by atoms with Gasteiger partial charge in [-0.2, -0.15) is 0 Å². The third-order valence-corrected chi connectivity index (χ3v) is 4.95. The number of amides is 1. The molecule has 2 aromatic carbocycles. The number of esters is 1. The molecule has 0 bridgehead atoms. The number of sulfonamides is 1. The van der Waals surface area contributed by atoms with Gasteiger partial charge in [0.25, 0.3) is 5.91 Å². The molecule has 0 aliphatic carbocycles. The van der Waals surface area contributed by atoms with Crippen molar-refractivity contribution in [1.29, 1.82) is 0 Å². The Morgan fingerprint density at radius 3 is 2.35 bits per heavy atom. The standard InChI is InChI=1S/C15H11Cl3N2O5S/c16-9-2-4-12(11(18)6-9)20-14(21)7-25-15(22)8-1-3-10(17)13(5-8)26(19,23)24/h1-6H,7H2,(H,20,21)(H2,19,23,24). The number of nitrogens with two attached hydrogens (primary N) is 1. The van der Waals surface area contributed by atoms with Crippen molar-refractivity contribution in [3.05, 3.63) is 57.0 Å². The van der Waals surface area contributed by atoms with Crippen LogP contribution in [0.5, 0.6) is 0 Å². The number of rotatable bonds is 5. The molecule has 2 aromatic rings. The topological polar surface area (TPSA) is 116 Å². The van der Waals surface area contributed by atoms with E-state index in [2.05, 4.69) is 5.32 Å². The number of nitrogens with one attached hydrogen (secondary N) is 1. The average molecular weight is 438 g/mol. The van der Waals surface area contributed by atoms with Crippen molar-refractivity contribution < 1.29 is 22.7 Å². The minimum Gasteiger partial charge on any atom is -0.452 e. The van der Waals surface area contributed by atoms with Crippen molar-refractivity contribution in [2.45, 2.75) is 4.90 Å². The Morgan fingerprint density at radius 1 is 1.04 bits per heavy atom. The molecule has 0 heterocycles. The summed E-state index contributed by atoms with van der Waals surface area (Å²) in [6.45, 7) is -0.620. The van der Waals surface area contributed by atoms with E-state index in [1.54, 1.807) is 0 Å². The van der Waals surface area contributed by atoms with Crippen LogP contribution >= 0.6 is 34.8 Å². The first-order valence-electron chi connectivity index (χ1n) is 6.82. The molecule has 0 fully saturated rings. The van der Waals surface area contributed by atoms with Gasteiger partial charge in [-0.05, 0) is 36.4 Å². The van der Waals surface area contributed by atoms with Crippen molar-refractivity contribution in [1.82, 2.24) is 0 Å². The van der Waals surface area contributed by atoms with Crippen LogP contribution in [0.3, 0.4) is 0 Å². The highest BCUT2D eigenvalue weighted by atomic mass is 35.5. The van der Waals surface area contributed by atoms with Crippen LogP contribution in [0, 0.1) is 0 Å². The maximum absolute atomic E-state index is 12.0. The number of hydrogen-bond acceptors (Lipinski definition) is 5. The monoisotopic (exact) mass is 436 g/mol. The highest BCUT2D eigenvalue weighted by Crippen LogP contribution is 2.25. The first-order valence-corrected chi connectivity index (χ1v) is 9.50. The molecule has 0 saturated carbocycles. The van der Waals surface area contributed by atoms with Gasteiger partial charge in [-0.3, -0.25) is 4.79 Å². The van der Waals surface area contributed by atoms with Crippen molar-refractivity contribution in [3.8, 4) is 0 Å². The predicted molar refractivity (Wildman–Crippen MR) is 98.2 cm³/mol. The maximum atomic E-state index is 12.0. The van der Waals surface area contributed by atoms with Gasteiger partial charge in [-0.15, -0.1) is 0 Å². The molecule has 0 spiro atoms. The molecule has 0 saturated heterocycles. The zero-order chi connectivity index (χ0) is 19.5. The Labute approximate surface area is 164 Å². The Bertz CT molecular complexity index is 979. The summed E-state index contributed by atoms with van der Waals surface area (Å²) in [5.41, 5.74) is 0.163. The largest absolute Gasteiger partial charge is 0.452 e. The van der Waals surface area contributed by atoms with Crippen LogP contribution in [0.1, 0.15) is 10.4 Å². The lowest BCUT2D eigenvalue weighted by atomic mass is 10.2. The SMILES string of the molecule is NS(=O)(=O)c1cc(C(=O)OCC(=O)Nc2ccc(Cl)cc2Cl)ccc1Cl. The van der Waals surface area contributed by atoms with E-state index >= 15 is 0 Å². The summed E-state index contributed by atoms with van der Waals surface area (Å²) in [6, 6.07) is 7.85. The molecule has 0 aliphatic heterocycles. The summed E-state index contributed by atoms with van der Waals surface area (Å²) in [4.78, 5) is 23.4. The lowest BCUT2D eigenvalue weighted by molar-refractivity contribution is -0.119. The van der Waals surface area contributed by atoms with Crippen molar-refractivity contribution >= 4 is 62.4 Å². The second kappa shape index (κ2) is 8.24. The van der Waals surface area contributed by atoms with Gasteiger partial charge >= 0.3 is 5.97 Å². The molecule has 11 heteroatoms. The van der Waals surface area contributed by atoms with Crippen LogP contribution < -0.4 is 10.5 Å². The zero-order valence-electron chi connectivity index (χ0n) is 12.8. The van der Waals surface area contributed by atoms with E-state index in [0.29, 0.717) is 10.7 Å². The quantitative estimate of drug-likeness (QED) is 0.697. The highest BCUT2D eigenvalue weighted by molar-refractivity contribution is 7.89. The summed E-state index contributed by atoms with van der Waals surface area (Å²) < 4.78 is 27.7. The third kappa shape index (κ3) is 5.33. The van der Waals surface area contributed by atoms with Crippen LogP contribution in [0.2, 0.25) is 15.1 Å². The van der Waals surface area contributed by atoms with Crippen LogP contribution in [-0.2, 0) is 19.6 Å². The van der Waals surface area contributed by atoms with Gasteiger partial charge in [-0.25, -0.2) is 18.4 Å². The second-order valence-corrected chi connectivity index (χ2v) is 7.72. The van der Waals surface area contributed by atoms with E-state index in [1.807, 2.05) is 0 Å². The summed E-state index contributed by atoms with van der Waals surface area (Å²) >= 11 is 17.4. The molecule has 1 amide bonds. The molecular formula is C15H11Cl3N2O5S. The molecule has 0 radical (unpaired) electrons. The number of ether oxygens (including phenoxy) is 1. The number of primary sulfonamides is 1. The van der Waals surface area contributed by atoms with Gasteiger partial charge in [0.2, 0.25) is 10.0 Å². The van der Waals surface area contributed by atoms with Gasteiger partial charge in [0.05, 0.1) is 21.3 Å². The Morgan fingerprint density at radius 2 is 1.73 bits per heavy atom. The highest BCUT2D eigenvalue weighted by Gasteiger charge is 2.18. The molecule has 26 heavy (non-hydrogen) atoms. The minimum absolute atomic E-state index is 0.129. The van der Waals surface area contributed by atoms with Crippen LogP contribution in [0.25, 0.3) is 0 Å². The van der Waals surface area contributed by atoms with E-state index in [9.17, 15) is 18.0 Å². The van der Waals surface area contributed by atoms with E-state index < -0.39 is 33.4 Å². The number of halogens is 3. The lowest BCUT2D eigenvalue weighted by Gasteiger charge is -2.09. The van der Waals surface area contributed by atoms with Crippen LogP contribution in [0.15, 0.2) is 41.3 Å².